The molecule has 0 aliphatic carbocycles. The highest BCUT2D eigenvalue weighted by Gasteiger charge is 2.30. The lowest BCUT2D eigenvalue weighted by Crippen LogP contribution is -2.32. The van der Waals surface area contributed by atoms with Gasteiger partial charge in [-0.2, -0.15) is 4.73 Å². The number of nitrogens with zero attached hydrogens (tertiary/aromatic N) is 2. The zero-order valence-electron chi connectivity index (χ0n) is 13.7. The third-order valence-corrected chi connectivity index (χ3v) is 4.23. The molecule has 6 heteroatoms. The second-order valence-electron chi connectivity index (χ2n) is 5.63. The fraction of sp³-hybridized carbons (Fsp3) is 0.211. The molecule has 0 N–H and O–H groups in total. The van der Waals surface area contributed by atoms with E-state index in [2.05, 4.69) is 27.0 Å². The van der Waals surface area contributed by atoms with Crippen LogP contribution in [0, 0.1) is 0 Å². The van der Waals surface area contributed by atoms with Crippen LogP contribution in [0.5, 0.6) is 0 Å². The summed E-state index contributed by atoms with van der Waals surface area (Å²) < 4.78 is 10.2. The van der Waals surface area contributed by atoms with Gasteiger partial charge in [-0.1, -0.05) is 18.2 Å². The highest BCUT2D eigenvalue weighted by atomic mass is 35.5. The van der Waals surface area contributed by atoms with Gasteiger partial charge in [0.05, 0.1) is 18.2 Å². The Bertz CT molecular complexity index is 768. The van der Waals surface area contributed by atoms with Crippen LogP contribution in [-0.4, -0.2) is 17.2 Å². The van der Waals surface area contributed by atoms with Crippen LogP contribution >= 0.6 is 11.9 Å². The second-order valence-corrected chi connectivity index (χ2v) is 5.76. The average molecular weight is 359 g/mol. The summed E-state index contributed by atoms with van der Waals surface area (Å²) in [5.74, 6) is 0.303. The van der Waals surface area contributed by atoms with E-state index in [0.29, 0.717) is 12.3 Å². The number of aromatic nitrogens is 1. The molecule has 0 fully saturated rings. The Morgan fingerprint density at radius 3 is 2.16 bits per heavy atom. The summed E-state index contributed by atoms with van der Waals surface area (Å²) in [4.78, 5) is 13.5. The number of amides is 1. The largest absolute Gasteiger partial charge is 0.473 e. The van der Waals surface area contributed by atoms with Crippen LogP contribution in [0.2, 0.25) is 0 Å². The first-order chi connectivity index (χ1) is 12.3. The average Bonchev–Trinajstić information content (AvgIpc) is 3.43. The third-order valence-electron chi connectivity index (χ3n) is 4.07. The van der Waals surface area contributed by atoms with E-state index in [0.717, 1.165) is 19.4 Å². The van der Waals surface area contributed by atoms with Crippen molar-refractivity contribution in [2.75, 3.05) is 11.4 Å². The lowest BCUT2D eigenvalue weighted by Gasteiger charge is -2.24. The van der Waals surface area contributed by atoms with Gasteiger partial charge in [0.25, 0.3) is 0 Å². The number of furan rings is 1. The minimum atomic E-state index is 0.303. The molecule has 5 rings (SSSR count). The molecule has 0 unspecified atom stereocenters. The molecule has 2 aliphatic heterocycles. The Morgan fingerprint density at radius 2 is 1.60 bits per heavy atom. The normalized spacial score (nSPS) is 14.0. The maximum absolute atomic E-state index is 11.5. The van der Waals surface area contributed by atoms with E-state index in [1.165, 1.54) is 21.5 Å². The van der Waals surface area contributed by atoms with Crippen molar-refractivity contribution in [2.45, 2.75) is 19.3 Å². The molecule has 0 radical (unpaired) electrons. The monoisotopic (exact) mass is 358 g/mol. The number of aryl methyl sites for hydroxylation is 1. The maximum atomic E-state index is 11.5. The van der Waals surface area contributed by atoms with Gasteiger partial charge in [-0.05, 0) is 48.2 Å². The van der Waals surface area contributed by atoms with Gasteiger partial charge in [0.1, 0.15) is 0 Å². The first kappa shape index (κ1) is 17.2. The highest BCUT2D eigenvalue weighted by Crippen LogP contribution is 2.35. The fourth-order valence-electron chi connectivity index (χ4n) is 2.96. The summed E-state index contributed by atoms with van der Waals surface area (Å²) >= 11 is 4.93. The lowest BCUT2D eigenvalue weighted by molar-refractivity contribution is -0.118. The third kappa shape index (κ3) is 4.25. The van der Waals surface area contributed by atoms with Crippen molar-refractivity contribution in [3.8, 4) is 0 Å². The van der Waals surface area contributed by atoms with Gasteiger partial charge < -0.3 is 9.32 Å². The molecule has 5 nitrogen and oxygen atoms in total. The van der Waals surface area contributed by atoms with Gasteiger partial charge in [0, 0.05) is 25.4 Å². The van der Waals surface area contributed by atoms with Crippen LogP contribution in [0.15, 0.2) is 71.8 Å². The number of rotatable bonds is 1. The van der Waals surface area contributed by atoms with Crippen LogP contribution in [0.4, 0.5) is 5.69 Å². The van der Waals surface area contributed by atoms with Crippen molar-refractivity contribution in [3.63, 3.8) is 0 Å². The first-order valence-electron chi connectivity index (χ1n) is 8.10. The second kappa shape index (κ2) is 8.44. The molecule has 0 saturated heterocycles. The zero-order valence-corrected chi connectivity index (χ0v) is 14.4. The van der Waals surface area contributed by atoms with Crippen molar-refractivity contribution in [1.82, 2.24) is 4.73 Å². The minimum Gasteiger partial charge on any atom is -0.473 e. The quantitative estimate of drug-likeness (QED) is 0.663. The van der Waals surface area contributed by atoms with Crippen molar-refractivity contribution >= 4 is 23.5 Å². The molecule has 4 heterocycles. The molecule has 0 spiro atoms. The Labute approximate surface area is 151 Å². The Balaban J connectivity index is 0.000000127. The number of hydrogen-bond acceptors (Lipinski definition) is 3. The van der Waals surface area contributed by atoms with E-state index >= 15 is 0 Å². The number of para-hydroxylation sites is 1. The summed E-state index contributed by atoms with van der Waals surface area (Å²) in [5.41, 5.74) is 3.93. The smallest absolute Gasteiger partial charge is 0.227 e. The number of anilines is 1. The standard InChI is InChI=1S/C11H11NO.C4H4ClNO.C4H4O/c13-10-5-4-8-2-1-3-9-6-7-12(10)11(8)9;5-7-6-3-1-2-4-6;1-2-4-5-3-1/h1-3H,4-7H2;1-4H;1-4H. The van der Waals surface area contributed by atoms with Crippen LogP contribution in [-0.2, 0) is 17.6 Å². The molecule has 0 bridgehead atoms. The van der Waals surface area contributed by atoms with E-state index < -0.39 is 0 Å². The number of benzene rings is 1. The topological polar surface area (TPSA) is 47.6 Å². The summed E-state index contributed by atoms with van der Waals surface area (Å²) in [6.07, 6.45) is 9.31. The van der Waals surface area contributed by atoms with Crippen LogP contribution < -0.4 is 9.29 Å². The van der Waals surface area contributed by atoms with E-state index in [-0.39, 0.29) is 0 Å². The summed E-state index contributed by atoms with van der Waals surface area (Å²) in [6, 6.07) is 13.7. The molecular weight excluding hydrogens is 340 g/mol. The Hall–Kier alpha value is -2.66. The number of carbonyl (C=O) groups is 1. The number of carbonyl (C=O) groups excluding carboxylic acids is 1. The van der Waals surface area contributed by atoms with Gasteiger partial charge in [0.2, 0.25) is 5.91 Å². The molecule has 25 heavy (non-hydrogen) atoms. The number of hydrogen-bond donors (Lipinski definition) is 0. The van der Waals surface area contributed by atoms with Crippen molar-refractivity contribution in [2.24, 2.45) is 0 Å². The van der Waals surface area contributed by atoms with Crippen molar-refractivity contribution in [3.05, 3.63) is 78.5 Å². The number of halogens is 1. The predicted molar refractivity (Wildman–Crippen MR) is 96.4 cm³/mol. The van der Waals surface area contributed by atoms with Gasteiger partial charge in [-0.15, -0.1) is 0 Å². The molecule has 130 valence electrons. The van der Waals surface area contributed by atoms with Gasteiger partial charge in [-0.25, -0.2) is 0 Å². The highest BCUT2D eigenvalue weighted by molar-refractivity contribution is 6.07. The fourth-order valence-corrected chi connectivity index (χ4v) is 3.05. The first-order valence-corrected chi connectivity index (χ1v) is 8.41. The minimum absolute atomic E-state index is 0.303. The van der Waals surface area contributed by atoms with E-state index in [9.17, 15) is 4.79 Å². The lowest BCUT2D eigenvalue weighted by atomic mass is 10.00. The molecule has 1 aromatic carbocycles. The van der Waals surface area contributed by atoms with Gasteiger partial charge >= 0.3 is 0 Å². The summed E-state index contributed by atoms with van der Waals surface area (Å²) in [7, 11) is 0. The van der Waals surface area contributed by atoms with Crippen LogP contribution in [0.3, 0.4) is 0 Å². The molecule has 1 amide bonds. The summed E-state index contributed by atoms with van der Waals surface area (Å²) in [6.45, 7) is 0.894. The molecule has 2 aliphatic rings. The van der Waals surface area contributed by atoms with E-state index in [4.69, 9.17) is 11.9 Å². The van der Waals surface area contributed by atoms with E-state index in [1.807, 2.05) is 29.2 Å². The molecule has 3 aromatic rings. The van der Waals surface area contributed by atoms with Gasteiger partial charge in [0.15, 0.2) is 11.9 Å². The molecule has 2 aromatic heterocycles. The summed E-state index contributed by atoms with van der Waals surface area (Å²) in [5, 5.41) is 0. The van der Waals surface area contributed by atoms with Crippen LogP contribution in [0.1, 0.15) is 17.5 Å². The molecular formula is C19H19ClN2O3. The van der Waals surface area contributed by atoms with Crippen LogP contribution in [0.25, 0.3) is 0 Å². The van der Waals surface area contributed by atoms with Crippen molar-refractivity contribution < 1.29 is 13.6 Å². The zero-order chi connectivity index (χ0) is 17.5. The maximum Gasteiger partial charge on any atom is 0.227 e. The van der Waals surface area contributed by atoms with E-state index in [1.54, 1.807) is 24.9 Å². The van der Waals surface area contributed by atoms with Crippen molar-refractivity contribution in [1.29, 1.82) is 0 Å². The molecule has 0 atom stereocenters. The van der Waals surface area contributed by atoms with Gasteiger partial charge in [-0.3, -0.25) is 9.18 Å². The Morgan fingerprint density at radius 1 is 0.920 bits per heavy atom. The molecule has 0 saturated carbocycles. The Kier molecular flexibility index (Phi) is 5.80. The predicted octanol–water partition coefficient (Wildman–Crippen LogP) is 3.87. The SMILES string of the molecule is ClOn1cccc1.O=C1CCc2cccc3c2N1CC3.c1ccoc1.